The predicted octanol–water partition coefficient (Wildman–Crippen LogP) is 1.76. The van der Waals surface area contributed by atoms with E-state index in [9.17, 15) is 5.11 Å². The maximum absolute atomic E-state index is 9.38. The minimum Gasteiger partial charge on any atom is -0.507 e. The summed E-state index contributed by atoms with van der Waals surface area (Å²) in [5.74, 6) is 0.364. The third kappa shape index (κ3) is 1.84. The Hall–Kier alpha value is -0.290. The average molecular weight is 263 g/mol. The van der Waals surface area contributed by atoms with Gasteiger partial charge >= 0.3 is 0 Å². The second-order valence-corrected chi connectivity index (χ2v) is 3.61. The maximum Gasteiger partial charge on any atom is 0.131 e. The molecule has 2 nitrogen and oxygen atoms in total. The number of halogens is 1. The fraction of sp³-hybridized carbons (Fsp3) is 0.250. The summed E-state index contributed by atoms with van der Waals surface area (Å²) >= 11 is 2.09. The van der Waals surface area contributed by atoms with Crippen molar-refractivity contribution in [3.05, 3.63) is 26.8 Å². The van der Waals surface area contributed by atoms with Gasteiger partial charge in [0.15, 0.2) is 0 Å². The van der Waals surface area contributed by atoms with Crippen molar-refractivity contribution in [1.29, 1.82) is 0 Å². The first kappa shape index (κ1) is 8.80. The minimum absolute atomic E-state index is 0.364. The Bertz CT molecular complexity index is 250. The summed E-state index contributed by atoms with van der Waals surface area (Å²) in [4.78, 5) is 0. The summed E-state index contributed by atoms with van der Waals surface area (Å²) in [6.45, 7) is 2.40. The van der Waals surface area contributed by atoms with Gasteiger partial charge < -0.3 is 10.8 Å². The molecule has 1 rings (SSSR count). The number of hydrogen-bond donors (Lipinski definition) is 2. The number of aromatic hydroxyl groups is 1. The van der Waals surface area contributed by atoms with E-state index in [1.54, 1.807) is 0 Å². The van der Waals surface area contributed by atoms with Crippen molar-refractivity contribution < 1.29 is 5.11 Å². The van der Waals surface area contributed by atoms with Crippen molar-refractivity contribution in [3.63, 3.8) is 0 Å². The number of phenolic OH excluding ortho intramolecular Hbond substituents is 1. The maximum atomic E-state index is 9.38. The average Bonchev–Trinajstić information content (AvgIpc) is 1.99. The van der Waals surface area contributed by atoms with Crippen LogP contribution in [0.25, 0.3) is 0 Å². The van der Waals surface area contributed by atoms with Gasteiger partial charge in [-0.15, -0.1) is 0 Å². The predicted molar refractivity (Wildman–Crippen MR) is 53.5 cm³/mol. The zero-order chi connectivity index (χ0) is 8.43. The van der Waals surface area contributed by atoms with E-state index in [0.717, 1.165) is 14.7 Å². The number of nitrogens with two attached hydrogens (primary N) is 1. The van der Waals surface area contributed by atoms with Gasteiger partial charge in [-0.3, -0.25) is 0 Å². The molecule has 0 saturated carbocycles. The Morgan fingerprint density at radius 1 is 1.55 bits per heavy atom. The van der Waals surface area contributed by atoms with Crippen LogP contribution in [-0.4, -0.2) is 5.11 Å². The minimum atomic E-state index is 0.364. The molecule has 0 amide bonds. The molecule has 0 aliphatic heterocycles. The molecule has 3 heteroatoms. The number of hydrogen-bond acceptors (Lipinski definition) is 2. The van der Waals surface area contributed by atoms with Crippen LogP contribution >= 0.6 is 22.6 Å². The van der Waals surface area contributed by atoms with E-state index in [-0.39, 0.29) is 0 Å². The summed E-state index contributed by atoms with van der Waals surface area (Å²) in [6, 6.07) is 3.79. The summed E-state index contributed by atoms with van der Waals surface area (Å²) < 4.78 is 0.864. The standard InChI is InChI=1S/C8H10INO/c1-5-2-6(4-10)3-7(9)8(5)11/h2-3,11H,4,10H2,1H3. The van der Waals surface area contributed by atoms with Gasteiger partial charge in [0.25, 0.3) is 0 Å². The molecule has 11 heavy (non-hydrogen) atoms. The van der Waals surface area contributed by atoms with E-state index < -0.39 is 0 Å². The highest BCUT2D eigenvalue weighted by Gasteiger charge is 2.02. The van der Waals surface area contributed by atoms with Gasteiger partial charge in [0, 0.05) is 6.54 Å². The van der Waals surface area contributed by atoms with Gasteiger partial charge in [0.05, 0.1) is 3.57 Å². The lowest BCUT2D eigenvalue weighted by Gasteiger charge is -2.04. The van der Waals surface area contributed by atoms with Crippen molar-refractivity contribution in [2.75, 3.05) is 0 Å². The molecule has 0 unspecified atom stereocenters. The molecule has 3 N–H and O–H groups in total. The fourth-order valence-corrected chi connectivity index (χ4v) is 1.75. The lowest BCUT2D eigenvalue weighted by molar-refractivity contribution is 0.467. The largest absolute Gasteiger partial charge is 0.507 e. The lowest BCUT2D eigenvalue weighted by Crippen LogP contribution is -1.97. The number of phenols is 1. The van der Waals surface area contributed by atoms with Crippen LogP contribution in [0.5, 0.6) is 5.75 Å². The molecule has 0 aromatic heterocycles. The van der Waals surface area contributed by atoms with Crippen LogP contribution in [0.15, 0.2) is 12.1 Å². The molecule has 1 aromatic rings. The zero-order valence-corrected chi connectivity index (χ0v) is 8.42. The van der Waals surface area contributed by atoms with Gasteiger partial charge in [-0.05, 0) is 46.7 Å². The molecule has 0 atom stereocenters. The van der Waals surface area contributed by atoms with Crippen LogP contribution in [0.2, 0.25) is 0 Å². The first-order valence-corrected chi connectivity index (χ1v) is 4.41. The van der Waals surface area contributed by atoms with Crippen LogP contribution in [0.3, 0.4) is 0 Å². The third-order valence-electron chi connectivity index (χ3n) is 1.55. The molecule has 0 heterocycles. The van der Waals surface area contributed by atoms with Crippen molar-refractivity contribution in [1.82, 2.24) is 0 Å². The molecule has 0 aliphatic rings. The molecule has 60 valence electrons. The van der Waals surface area contributed by atoms with Crippen molar-refractivity contribution in [3.8, 4) is 5.75 Å². The summed E-state index contributed by atoms with van der Waals surface area (Å²) in [7, 11) is 0. The van der Waals surface area contributed by atoms with E-state index in [2.05, 4.69) is 22.6 Å². The van der Waals surface area contributed by atoms with Gasteiger partial charge in [-0.25, -0.2) is 0 Å². The topological polar surface area (TPSA) is 46.2 Å². The number of rotatable bonds is 1. The van der Waals surface area contributed by atoms with Gasteiger partial charge in [-0.1, -0.05) is 6.07 Å². The van der Waals surface area contributed by atoms with E-state index >= 15 is 0 Å². The molecule has 0 aliphatic carbocycles. The normalized spacial score (nSPS) is 10.1. The van der Waals surface area contributed by atoms with E-state index in [1.165, 1.54) is 0 Å². The Labute approximate surface area is 79.6 Å². The van der Waals surface area contributed by atoms with E-state index in [4.69, 9.17) is 5.73 Å². The molecular formula is C8H10INO. The molecule has 0 spiro atoms. The lowest BCUT2D eigenvalue weighted by atomic mass is 10.1. The Kier molecular flexibility index (Phi) is 2.72. The summed E-state index contributed by atoms with van der Waals surface area (Å²) in [5, 5.41) is 9.38. The molecular weight excluding hydrogens is 253 g/mol. The molecule has 0 bridgehead atoms. The highest BCUT2D eigenvalue weighted by atomic mass is 127. The fourth-order valence-electron chi connectivity index (χ4n) is 0.925. The van der Waals surface area contributed by atoms with Crippen LogP contribution in [0.4, 0.5) is 0 Å². The van der Waals surface area contributed by atoms with Crippen LogP contribution in [-0.2, 0) is 6.54 Å². The van der Waals surface area contributed by atoms with E-state index in [0.29, 0.717) is 12.3 Å². The summed E-state index contributed by atoms with van der Waals surface area (Å²) in [6.07, 6.45) is 0. The van der Waals surface area contributed by atoms with Crippen LogP contribution in [0.1, 0.15) is 11.1 Å². The molecule has 0 fully saturated rings. The number of benzene rings is 1. The molecule has 0 saturated heterocycles. The van der Waals surface area contributed by atoms with Crippen molar-refractivity contribution in [2.24, 2.45) is 5.73 Å². The monoisotopic (exact) mass is 263 g/mol. The van der Waals surface area contributed by atoms with Crippen molar-refractivity contribution in [2.45, 2.75) is 13.5 Å². The SMILES string of the molecule is Cc1cc(CN)cc(I)c1O. The highest BCUT2D eigenvalue weighted by Crippen LogP contribution is 2.24. The first-order chi connectivity index (χ1) is 5.15. The second-order valence-electron chi connectivity index (χ2n) is 2.45. The zero-order valence-electron chi connectivity index (χ0n) is 6.26. The van der Waals surface area contributed by atoms with Gasteiger partial charge in [-0.2, -0.15) is 0 Å². The Morgan fingerprint density at radius 3 is 2.64 bits per heavy atom. The van der Waals surface area contributed by atoms with Gasteiger partial charge in [0.2, 0.25) is 0 Å². The quantitative estimate of drug-likeness (QED) is 0.758. The Morgan fingerprint density at radius 2 is 2.18 bits per heavy atom. The van der Waals surface area contributed by atoms with E-state index in [1.807, 2.05) is 19.1 Å². The molecule has 0 radical (unpaired) electrons. The van der Waals surface area contributed by atoms with Gasteiger partial charge in [0.1, 0.15) is 5.75 Å². The van der Waals surface area contributed by atoms with Crippen LogP contribution in [0, 0.1) is 10.5 Å². The number of aryl methyl sites for hydroxylation is 1. The third-order valence-corrected chi connectivity index (χ3v) is 2.37. The second kappa shape index (κ2) is 3.40. The summed E-state index contributed by atoms with van der Waals surface area (Å²) in [5.41, 5.74) is 7.40. The van der Waals surface area contributed by atoms with Crippen molar-refractivity contribution >= 4 is 22.6 Å². The van der Waals surface area contributed by atoms with Crippen LogP contribution < -0.4 is 5.73 Å². The smallest absolute Gasteiger partial charge is 0.131 e. The highest BCUT2D eigenvalue weighted by molar-refractivity contribution is 14.1. The molecule has 1 aromatic carbocycles. The Balaban J connectivity index is 3.21. The first-order valence-electron chi connectivity index (χ1n) is 3.33.